The Morgan fingerprint density at radius 1 is 1.14 bits per heavy atom. The first kappa shape index (κ1) is 26.5. The quantitative estimate of drug-likeness (QED) is 0.304. The lowest BCUT2D eigenvalue weighted by atomic mass is 9.69. The number of Topliss-reactive ketones (excluding diaryl/α,β-unsaturated/α-hetero) is 1. The van der Waals surface area contributed by atoms with Gasteiger partial charge in [0, 0.05) is 29.5 Å². The molecule has 0 unspecified atom stereocenters. The number of ether oxygens (including phenoxy) is 4. The van der Waals surface area contributed by atoms with Crippen LogP contribution in [0, 0.1) is 11.8 Å². The third-order valence-corrected chi connectivity index (χ3v) is 6.27. The summed E-state index contributed by atoms with van der Waals surface area (Å²) in [7, 11) is 1.28. The highest BCUT2D eigenvalue weighted by Gasteiger charge is 2.47. The highest BCUT2D eigenvalue weighted by atomic mass is 16.6. The Balaban J connectivity index is 2.04. The number of carbonyl (C=O) groups is 3. The van der Waals surface area contributed by atoms with Crippen LogP contribution >= 0.6 is 0 Å². The minimum absolute atomic E-state index is 0.100. The van der Waals surface area contributed by atoms with Crippen LogP contribution in [0.2, 0.25) is 0 Å². The van der Waals surface area contributed by atoms with Gasteiger partial charge in [-0.25, -0.2) is 4.79 Å². The predicted molar refractivity (Wildman–Crippen MR) is 130 cm³/mol. The summed E-state index contributed by atoms with van der Waals surface area (Å²) in [5.74, 6) is -2.69. The monoisotopic (exact) mass is 485 g/mol. The van der Waals surface area contributed by atoms with Gasteiger partial charge < -0.3 is 24.3 Å². The number of benzene rings is 1. The van der Waals surface area contributed by atoms with Crippen molar-refractivity contribution in [2.75, 3.05) is 33.5 Å². The molecule has 190 valence electrons. The number of esters is 2. The molecule has 1 heterocycles. The van der Waals surface area contributed by atoms with Gasteiger partial charge in [0.15, 0.2) is 5.78 Å². The Labute approximate surface area is 206 Å². The summed E-state index contributed by atoms with van der Waals surface area (Å²) in [6, 6.07) is 7.33. The van der Waals surface area contributed by atoms with Crippen LogP contribution in [0.3, 0.4) is 0 Å². The molecule has 1 N–H and O–H groups in total. The SMILES string of the molecule is CCCOCCOC(=O)C1=C(C)NC2=C(C(=O)[C@H](C(=O)OC)[C@H](C)C2)[C@H]1c1cccc(OCC)c1. The van der Waals surface area contributed by atoms with Crippen LogP contribution in [0.1, 0.15) is 52.0 Å². The van der Waals surface area contributed by atoms with Gasteiger partial charge >= 0.3 is 11.9 Å². The zero-order valence-corrected chi connectivity index (χ0v) is 21.1. The van der Waals surface area contributed by atoms with Crippen molar-refractivity contribution in [2.24, 2.45) is 11.8 Å². The molecule has 35 heavy (non-hydrogen) atoms. The molecule has 0 saturated carbocycles. The van der Waals surface area contributed by atoms with Gasteiger partial charge in [0.25, 0.3) is 0 Å². The van der Waals surface area contributed by atoms with Crippen LogP contribution in [0.5, 0.6) is 5.75 Å². The van der Waals surface area contributed by atoms with Crippen LogP contribution in [-0.2, 0) is 28.6 Å². The van der Waals surface area contributed by atoms with Gasteiger partial charge in [-0.1, -0.05) is 26.0 Å². The average Bonchev–Trinajstić information content (AvgIpc) is 2.83. The van der Waals surface area contributed by atoms with Gasteiger partial charge in [0.2, 0.25) is 0 Å². The fourth-order valence-electron chi connectivity index (χ4n) is 4.75. The summed E-state index contributed by atoms with van der Waals surface area (Å²) >= 11 is 0. The van der Waals surface area contributed by atoms with Crippen molar-refractivity contribution in [3.63, 3.8) is 0 Å². The highest BCUT2D eigenvalue weighted by Crippen LogP contribution is 2.45. The number of allylic oxidation sites excluding steroid dienone is 3. The predicted octanol–water partition coefficient (Wildman–Crippen LogP) is 3.67. The number of rotatable bonds is 10. The van der Waals surface area contributed by atoms with Crippen LogP contribution in [-0.4, -0.2) is 51.3 Å². The van der Waals surface area contributed by atoms with Gasteiger partial charge in [0.05, 0.1) is 25.9 Å². The third-order valence-electron chi connectivity index (χ3n) is 6.27. The highest BCUT2D eigenvalue weighted by molar-refractivity contribution is 6.12. The number of methoxy groups -OCH3 is 1. The molecule has 3 atom stereocenters. The third kappa shape index (κ3) is 5.75. The molecule has 8 nitrogen and oxygen atoms in total. The number of nitrogens with one attached hydrogen (secondary N) is 1. The van der Waals surface area contributed by atoms with Crippen LogP contribution in [0.25, 0.3) is 0 Å². The summed E-state index contributed by atoms with van der Waals surface area (Å²) in [4.78, 5) is 39.6. The molecular formula is C27H35NO7. The fraction of sp³-hybridized carbons (Fsp3) is 0.519. The maximum Gasteiger partial charge on any atom is 0.336 e. The molecule has 3 rings (SSSR count). The van der Waals surface area contributed by atoms with E-state index in [-0.39, 0.29) is 18.3 Å². The van der Waals surface area contributed by atoms with Crippen molar-refractivity contribution in [3.8, 4) is 5.75 Å². The van der Waals surface area contributed by atoms with E-state index in [2.05, 4.69) is 5.32 Å². The molecule has 0 spiro atoms. The zero-order chi connectivity index (χ0) is 25.5. The van der Waals surface area contributed by atoms with Crippen LogP contribution in [0.15, 0.2) is 46.8 Å². The second-order valence-electron chi connectivity index (χ2n) is 8.79. The van der Waals surface area contributed by atoms with E-state index in [1.54, 1.807) is 6.92 Å². The number of carbonyl (C=O) groups excluding carboxylic acids is 3. The number of hydrogen-bond acceptors (Lipinski definition) is 8. The largest absolute Gasteiger partial charge is 0.494 e. The van der Waals surface area contributed by atoms with E-state index in [1.807, 2.05) is 45.0 Å². The van der Waals surface area contributed by atoms with Crippen molar-refractivity contribution in [1.82, 2.24) is 5.32 Å². The van der Waals surface area contributed by atoms with Crippen LogP contribution < -0.4 is 10.1 Å². The van der Waals surface area contributed by atoms with Crippen molar-refractivity contribution in [2.45, 2.75) is 46.5 Å². The Kier molecular flexibility index (Phi) is 9.09. The first-order valence-electron chi connectivity index (χ1n) is 12.1. The van der Waals surface area contributed by atoms with Gasteiger partial charge in [-0.15, -0.1) is 0 Å². The molecule has 2 aliphatic rings. The lowest BCUT2D eigenvalue weighted by Gasteiger charge is -2.38. The molecule has 8 heteroatoms. The Morgan fingerprint density at radius 2 is 1.91 bits per heavy atom. The lowest BCUT2D eigenvalue weighted by molar-refractivity contribution is -0.151. The molecule has 1 aromatic carbocycles. The van der Waals surface area contributed by atoms with E-state index in [4.69, 9.17) is 18.9 Å². The van der Waals surface area contributed by atoms with E-state index < -0.39 is 23.8 Å². The summed E-state index contributed by atoms with van der Waals surface area (Å²) in [5.41, 5.74) is 2.78. The Hall–Kier alpha value is -3.13. The maximum atomic E-state index is 13.7. The summed E-state index contributed by atoms with van der Waals surface area (Å²) in [5, 5.41) is 3.26. The van der Waals surface area contributed by atoms with Gasteiger partial charge in [-0.3, -0.25) is 9.59 Å². The molecule has 0 radical (unpaired) electrons. The van der Waals surface area contributed by atoms with Crippen molar-refractivity contribution >= 4 is 17.7 Å². The number of dihydropyridines is 1. The molecule has 0 aromatic heterocycles. The standard InChI is InChI=1S/C27H35NO7/c1-6-11-33-12-13-35-27(31)22-17(4)28-20-14-16(3)21(26(30)32-5)25(29)24(20)23(22)18-9-8-10-19(15-18)34-7-2/h8-10,15-16,21,23,28H,6-7,11-14H2,1-5H3/t16-,21-,23+/m1/s1. The smallest absolute Gasteiger partial charge is 0.336 e. The molecule has 1 aliphatic carbocycles. The first-order valence-corrected chi connectivity index (χ1v) is 12.1. The Morgan fingerprint density at radius 3 is 2.60 bits per heavy atom. The summed E-state index contributed by atoms with van der Waals surface area (Å²) in [6.07, 6.45) is 1.35. The molecule has 0 fully saturated rings. The van der Waals surface area contributed by atoms with E-state index in [9.17, 15) is 14.4 Å². The van der Waals surface area contributed by atoms with Gasteiger partial charge in [-0.2, -0.15) is 0 Å². The minimum Gasteiger partial charge on any atom is -0.494 e. The second-order valence-corrected chi connectivity index (χ2v) is 8.79. The Bertz CT molecular complexity index is 1030. The first-order chi connectivity index (χ1) is 16.8. The van der Waals surface area contributed by atoms with Gasteiger partial charge in [0.1, 0.15) is 18.3 Å². The average molecular weight is 486 g/mol. The molecule has 0 saturated heterocycles. The van der Waals surface area contributed by atoms with E-state index in [0.717, 1.165) is 12.1 Å². The van der Waals surface area contributed by atoms with E-state index in [0.29, 0.717) is 54.4 Å². The van der Waals surface area contributed by atoms with Crippen molar-refractivity contribution in [3.05, 3.63) is 52.4 Å². The summed E-state index contributed by atoms with van der Waals surface area (Å²) < 4.78 is 21.6. The van der Waals surface area contributed by atoms with Crippen molar-refractivity contribution in [1.29, 1.82) is 0 Å². The van der Waals surface area contributed by atoms with E-state index in [1.165, 1.54) is 7.11 Å². The fourth-order valence-corrected chi connectivity index (χ4v) is 4.75. The normalized spacial score (nSPS) is 21.9. The number of hydrogen-bond donors (Lipinski definition) is 1. The van der Waals surface area contributed by atoms with Crippen LogP contribution in [0.4, 0.5) is 0 Å². The van der Waals surface area contributed by atoms with E-state index >= 15 is 0 Å². The molecular weight excluding hydrogens is 450 g/mol. The summed E-state index contributed by atoms with van der Waals surface area (Å²) in [6.45, 7) is 9.00. The second kappa shape index (κ2) is 12.0. The molecule has 0 amide bonds. The zero-order valence-electron chi connectivity index (χ0n) is 21.1. The minimum atomic E-state index is -0.934. The topological polar surface area (TPSA) is 100 Å². The van der Waals surface area contributed by atoms with Gasteiger partial charge in [-0.05, 0) is 50.3 Å². The molecule has 0 bridgehead atoms. The van der Waals surface area contributed by atoms with Crippen molar-refractivity contribution < 1.29 is 33.3 Å². The number of ketones is 1. The maximum absolute atomic E-state index is 13.7. The molecule has 1 aliphatic heterocycles. The lowest BCUT2D eigenvalue weighted by Crippen LogP contribution is -2.43. The molecule has 1 aromatic rings.